The highest BCUT2D eigenvalue weighted by molar-refractivity contribution is 8.00. The van der Waals surface area contributed by atoms with E-state index in [9.17, 15) is 4.79 Å². The normalized spacial score (nSPS) is 17.2. The van der Waals surface area contributed by atoms with Crippen LogP contribution in [0, 0.1) is 6.92 Å². The minimum absolute atomic E-state index is 0.0882. The molecular weight excluding hydrogens is 326 g/mol. The van der Waals surface area contributed by atoms with Crippen molar-refractivity contribution < 1.29 is 14.3 Å². The highest BCUT2D eigenvalue weighted by Crippen LogP contribution is 2.43. The lowest BCUT2D eigenvalue weighted by molar-refractivity contribution is -0.128. The van der Waals surface area contributed by atoms with Gasteiger partial charge >= 0.3 is 0 Å². The smallest absolute Gasteiger partial charge is 0.234 e. The van der Waals surface area contributed by atoms with Crippen LogP contribution in [0.2, 0.25) is 0 Å². The van der Waals surface area contributed by atoms with E-state index in [-0.39, 0.29) is 11.3 Å². The second kappa shape index (κ2) is 7.09. The zero-order chi connectivity index (χ0) is 17.1. The first-order valence-corrected chi connectivity index (χ1v) is 8.57. The predicted octanol–water partition coefficient (Wildman–Crippen LogP) is 2.58. The molecule has 0 aliphatic carbocycles. The summed E-state index contributed by atoms with van der Waals surface area (Å²) in [7, 11) is 3.24. The summed E-state index contributed by atoms with van der Waals surface area (Å²) in [6, 6.07) is 5.66. The summed E-state index contributed by atoms with van der Waals surface area (Å²) < 4.78 is 10.7. The van der Waals surface area contributed by atoms with Crippen LogP contribution in [-0.2, 0) is 11.3 Å². The molecule has 0 radical (unpaired) electrons. The van der Waals surface area contributed by atoms with Gasteiger partial charge in [-0.2, -0.15) is 0 Å². The molecular formula is C17H19N3O3S. The van der Waals surface area contributed by atoms with Crippen LogP contribution in [0.3, 0.4) is 0 Å². The average molecular weight is 345 g/mol. The van der Waals surface area contributed by atoms with Crippen molar-refractivity contribution in [1.82, 2.24) is 14.9 Å². The van der Waals surface area contributed by atoms with Crippen molar-refractivity contribution in [3.63, 3.8) is 0 Å². The van der Waals surface area contributed by atoms with Crippen LogP contribution in [0.4, 0.5) is 0 Å². The largest absolute Gasteiger partial charge is 0.497 e. The molecule has 0 bridgehead atoms. The first kappa shape index (κ1) is 16.6. The molecule has 1 amide bonds. The number of nitrogens with zero attached hydrogens (tertiary/aromatic N) is 3. The molecule has 126 valence electrons. The Morgan fingerprint density at radius 2 is 2.08 bits per heavy atom. The van der Waals surface area contributed by atoms with Crippen molar-refractivity contribution in [2.24, 2.45) is 0 Å². The fourth-order valence-electron chi connectivity index (χ4n) is 2.58. The number of hydrogen-bond acceptors (Lipinski definition) is 6. The van der Waals surface area contributed by atoms with E-state index in [1.165, 1.54) is 0 Å². The van der Waals surface area contributed by atoms with Crippen molar-refractivity contribution >= 4 is 17.7 Å². The number of carbonyl (C=O) groups excluding carboxylic acids is 1. The molecule has 1 fully saturated rings. The topological polar surface area (TPSA) is 64.5 Å². The van der Waals surface area contributed by atoms with E-state index in [1.807, 2.05) is 30.0 Å². The Morgan fingerprint density at radius 3 is 2.75 bits per heavy atom. The average Bonchev–Trinajstić information content (AvgIpc) is 2.97. The molecule has 0 spiro atoms. The molecule has 2 heterocycles. The zero-order valence-electron chi connectivity index (χ0n) is 13.9. The number of rotatable bonds is 5. The van der Waals surface area contributed by atoms with Gasteiger partial charge in [0.05, 0.1) is 44.1 Å². The van der Waals surface area contributed by atoms with E-state index >= 15 is 0 Å². The molecule has 7 heteroatoms. The summed E-state index contributed by atoms with van der Waals surface area (Å²) in [6.45, 7) is 2.32. The predicted molar refractivity (Wildman–Crippen MR) is 92.1 cm³/mol. The van der Waals surface area contributed by atoms with E-state index < -0.39 is 0 Å². The first-order valence-electron chi connectivity index (χ1n) is 7.53. The van der Waals surface area contributed by atoms with E-state index in [1.54, 1.807) is 38.4 Å². The Kier molecular flexibility index (Phi) is 4.89. The molecule has 1 atom stereocenters. The molecule has 1 aromatic carbocycles. The van der Waals surface area contributed by atoms with E-state index in [0.717, 1.165) is 22.7 Å². The van der Waals surface area contributed by atoms with Crippen LogP contribution in [0.25, 0.3) is 0 Å². The number of hydrogen-bond donors (Lipinski definition) is 0. The summed E-state index contributed by atoms with van der Waals surface area (Å²) >= 11 is 1.58. The summed E-state index contributed by atoms with van der Waals surface area (Å²) in [6.07, 6.45) is 3.43. The van der Waals surface area contributed by atoms with Crippen LogP contribution < -0.4 is 9.47 Å². The van der Waals surface area contributed by atoms with Crippen LogP contribution in [0.15, 0.2) is 30.6 Å². The SMILES string of the molecule is COc1ccc(C2SCC(=O)N2Cc2cnc(C)cn2)c(OC)c1. The number of benzene rings is 1. The second-order valence-corrected chi connectivity index (χ2v) is 6.51. The third kappa shape index (κ3) is 3.31. The molecule has 1 saturated heterocycles. The fraction of sp³-hybridized carbons (Fsp3) is 0.353. The van der Waals surface area contributed by atoms with Crippen LogP contribution in [0.5, 0.6) is 11.5 Å². The van der Waals surface area contributed by atoms with Gasteiger partial charge in [0.1, 0.15) is 16.9 Å². The van der Waals surface area contributed by atoms with Crippen molar-refractivity contribution in [3.05, 3.63) is 47.5 Å². The van der Waals surface area contributed by atoms with Gasteiger partial charge in [-0.25, -0.2) is 0 Å². The minimum atomic E-state index is -0.110. The highest BCUT2D eigenvalue weighted by atomic mass is 32.2. The van der Waals surface area contributed by atoms with Crippen LogP contribution in [0.1, 0.15) is 22.3 Å². The molecule has 1 unspecified atom stereocenters. The standard InChI is InChI=1S/C17H19N3O3S/c1-11-7-19-12(8-18-11)9-20-16(21)10-24-17(20)14-5-4-13(22-2)6-15(14)23-3/h4-8,17H,9-10H2,1-3H3. The molecule has 3 rings (SSSR count). The van der Waals surface area contributed by atoms with Gasteiger partial charge in [-0.05, 0) is 19.1 Å². The number of amides is 1. The number of thioether (sulfide) groups is 1. The molecule has 1 aliphatic rings. The Bertz CT molecular complexity index is 736. The lowest BCUT2D eigenvalue weighted by Crippen LogP contribution is -2.28. The molecule has 1 aromatic heterocycles. The number of ether oxygens (including phenoxy) is 2. The number of methoxy groups -OCH3 is 2. The van der Waals surface area contributed by atoms with Gasteiger partial charge in [-0.15, -0.1) is 11.8 Å². The van der Waals surface area contributed by atoms with E-state index in [4.69, 9.17) is 9.47 Å². The van der Waals surface area contributed by atoms with Gasteiger partial charge in [0.2, 0.25) is 5.91 Å². The monoisotopic (exact) mass is 345 g/mol. The van der Waals surface area contributed by atoms with Gasteiger partial charge in [-0.1, -0.05) is 0 Å². The van der Waals surface area contributed by atoms with E-state index in [0.29, 0.717) is 18.0 Å². The van der Waals surface area contributed by atoms with Crippen molar-refractivity contribution in [2.45, 2.75) is 18.8 Å². The number of carbonyl (C=O) groups is 1. The van der Waals surface area contributed by atoms with Gasteiger partial charge in [0.15, 0.2) is 0 Å². The van der Waals surface area contributed by atoms with E-state index in [2.05, 4.69) is 9.97 Å². The van der Waals surface area contributed by atoms with Gasteiger partial charge in [0, 0.05) is 17.8 Å². The lowest BCUT2D eigenvalue weighted by atomic mass is 10.1. The third-order valence-electron chi connectivity index (χ3n) is 3.84. The Hall–Kier alpha value is -2.28. The third-order valence-corrected chi connectivity index (χ3v) is 5.08. The summed E-state index contributed by atoms with van der Waals surface area (Å²) in [5, 5.41) is -0.110. The fourth-order valence-corrected chi connectivity index (χ4v) is 3.79. The Morgan fingerprint density at radius 1 is 1.25 bits per heavy atom. The maximum absolute atomic E-state index is 12.3. The lowest BCUT2D eigenvalue weighted by Gasteiger charge is -2.25. The Labute approximate surface area is 145 Å². The van der Waals surface area contributed by atoms with Crippen LogP contribution in [-0.4, -0.2) is 40.7 Å². The zero-order valence-corrected chi connectivity index (χ0v) is 14.7. The summed E-state index contributed by atoms with van der Waals surface area (Å²) in [5.74, 6) is 1.96. The molecule has 1 aliphatic heterocycles. The van der Waals surface area contributed by atoms with Crippen molar-refractivity contribution in [2.75, 3.05) is 20.0 Å². The maximum Gasteiger partial charge on any atom is 0.234 e. The quantitative estimate of drug-likeness (QED) is 0.830. The molecule has 0 saturated carbocycles. The Balaban J connectivity index is 1.89. The van der Waals surface area contributed by atoms with Gasteiger partial charge in [-0.3, -0.25) is 14.8 Å². The molecule has 2 aromatic rings. The minimum Gasteiger partial charge on any atom is -0.497 e. The maximum atomic E-state index is 12.3. The highest BCUT2D eigenvalue weighted by Gasteiger charge is 2.35. The second-order valence-electron chi connectivity index (χ2n) is 5.44. The van der Waals surface area contributed by atoms with Crippen LogP contribution >= 0.6 is 11.8 Å². The molecule has 6 nitrogen and oxygen atoms in total. The molecule has 24 heavy (non-hydrogen) atoms. The van der Waals surface area contributed by atoms with Gasteiger partial charge < -0.3 is 14.4 Å². The number of aryl methyl sites for hydroxylation is 1. The molecule has 0 N–H and O–H groups in total. The summed E-state index contributed by atoms with van der Waals surface area (Å²) in [5.41, 5.74) is 2.58. The summed E-state index contributed by atoms with van der Waals surface area (Å²) in [4.78, 5) is 22.8. The van der Waals surface area contributed by atoms with Gasteiger partial charge in [0.25, 0.3) is 0 Å². The first-order chi connectivity index (χ1) is 11.6. The van der Waals surface area contributed by atoms with Crippen molar-refractivity contribution in [3.8, 4) is 11.5 Å². The van der Waals surface area contributed by atoms with Crippen molar-refractivity contribution in [1.29, 1.82) is 0 Å². The number of aromatic nitrogens is 2.